The standard InChI is InChI=1S/C25H16F3N3O2/c1-13(25(32)33)30-24-19-10-16(26)7-9-22(19)31-23(20(24)12-29)15-4-2-14(3-5-15)18-8-6-17(27)11-21(18)28/h2-11,13H,1H3,(H,30,31)(H,32,33). The number of anilines is 1. The minimum Gasteiger partial charge on any atom is -0.480 e. The minimum atomic E-state index is -1.15. The number of rotatable bonds is 5. The number of carbonyl (C=O) groups is 1. The number of nitrogens with one attached hydrogen (secondary N) is 1. The Balaban J connectivity index is 1.87. The van der Waals surface area contributed by atoms with E-state index in [1.54, 1.807) is 24.3 Å². The number of fused-ring (bicyclic) bond motifs is 1. The van der Waals surface area contributed by atoms with Crippen molar-refractivity contribution in [1.29, 1.82) is 5.26 Å². The Morgan fingerprint density at radius 3 is 2.27 bits per heavy atom. The first-order valence-corrected chi connectivity index (χ1v) is 9.87. The molecule has 0 saturated carbocycles. The van der Waals surface area contributed by atoms with Gasteiger partial charge in [0.1, 0.15) is 35.1 Å². The molecule has 1 heterocycles. The van der Waals surface area contributed by atoms with Crippen LogP contribution in [0.1, 0.15) is 12.5 Å². The third-order valence-corrected chi connectivity index (χ3v) is 5.19. The van der Waals surface area contributed by atoms with E-state index in [0.29, 0.717) is 16.6 Å². The third-order valence-electron chi connectivity index (χ3n) is 5.19. The zero-order valence-electron chi connectivity index (χ0n) is 17.2. The monoisotopic (exact) mass is 447 g/mol. The fraction of sp³-hybridized carbons (Fsp3) is 0.0800. The van der Waals surface area contributed by atoms with Crippen LogP contribution >= 0.6 is 0 Å². The van der Waals surface area contributed by atoms with Gasteiger partial charge in [0.2, 0.25) is 0 Å². The van der Waals surface area contributed by atoms with Crippen LogP contribution < -0.4 is 5.32 Å². The summed E-state index contributed by atoms with van der Waals surface area (Å²) < 4.78 is 41.3. The van der Waals surface area contributed by atoms with E-state index in [4.69, 9.17) is 0 Å². The summed E-state index contributed by atoms with van der Waals surface area (Å²) >= 11 is 0. The summed E-state index contributed by atoms with van der Waals surface area (Å²) in [5, 5.41) is 22.2. The molecule has 3 aromatic carbocycles. The van der Waals surface area contributed by atoms with E-state index in [1.807, 2.05) is 6.07 Å². The van der Waals surface area contributed by atoms with Crippen LogP contribution in [0.5, 0.6) is 0 Å². The summed E-state index contributed by atoms with van der Waals surface area (Å²) in [7, 11) is 0. The molecule has 1 aromatic heterocycles. The van der Waals surface area contributed by atoms with Crippen molar-refractivity contribution < 1.29 is 23.1 Å². The molecule has 0 aliphatic rings. The van der Waals surface area contributed by atoms with E-state index in [0.717, 1.165) is 12.1 Å². The zero-order valence-corrected chi connectivity index (χ0v) is 17.2. The van der Waals surface area contributed by atoms with Crippen LogP contribution in [0.25, 0.3) is 33.3 Å². The molecule has 0 radical (unpaired) electrons. The first-order valence-electron chi connectivity index (χ1n) is 9.87. The molecule has 1 atom stereocenters. The fourth-order valence-corrected chi connectivity index (χ4v) is 3.51. The second-order valence-electron chi connectivity index (χ2n) is 7.39. The second kappa shape index (κ2) is 8.63. The van der Waals surface area contributed by atoms with Crippen molar-refractivity contribution in [2.45, 2.75) is 13.0 Å². The van der Waals surface area contributed by atoms with Crippen LogP contribution in [0.4, 0.5) is 18.9 Å². The second-order valence-corrected chi connectivity index (χ2v) is 7.39. The number of benzene rings is 3. The van der Waals surface area contributed by atoms with Gasteiger partial charge >= 0.3 is 5.97 Å². The lowest BCUT2D eigenvalue weighted by atomic mass is 9.98. The normalized spacial score (nSPS) is 11.7. The SMILES string of the molecule is CC(Nc1c(C#N)c(-c2ccc(-c3ccc(F)cc3F)cc2)nc2ccc(F)cc12)C(=O)O. The van der Waals surface area contributed by atoms with Crippen molar-refractivity contribution in [3.05, 3.63) is 83.7 Å². The van der Waals surface area contributed by atoms with Crippen molar-refractivity contribution in [3.8, 4) is 28.5 Å². The van der Waals surface area contributed by atoms with E-state index in [9.17, 15) is 28.3 Å². The number of hydrogen-bond donors (Lipinski definition) is 2. The molecular weight excluding hydrogens is 431 g/mol. The molecule has 0 aliphatic carbocycles. The highest BCUT2D eigenvalue weighted by Gasteiger charge is 2.21. The number of nitrogens with zero attached hydrogens (tertiary/aromatic N) is 2. The van der Waals surface area contributed by atoms with E-state index < -0.39 is 29.5 Å². The Labute approximate surface area is 186 Å². The Hall–Kier alpha value is -4.38. The largest absolute Gasteiger partial charge is 0.480 e. The molecule has 0 saturated heterocycles. The molecule has 0 amide bonds. The summed E-state index contributed by atoms with van der Waals surface area (Å²) in [6, 6.07) is 14.6. The van der Waals surface area contributed by atoms with Gasteiger partial charge in [-0.3, -0.25) is 4.79 Å². The van der Waals surface area contributed by atoms with Crippen LogP contribution in [0.15, 0.2) is 60.7 Å². The van der Waals surface area contributed by atoms with Gasteiger partial charge in [-0.2, -0.15) is 5.26 Å². The van der Waals surface area contributed by atoms with Gasteiger partial charge in [0.05, 0.1) is 16.9 Å². The highest BCUT2D eigenvalue weighted by molar-refractivity contribution is 5.99. The van der Waals surface area contributed by atoms with Gasteiger partial charge in [-0.15, -0.1) is 0 Å². The number of halogens is 3. The number of hydrogen-bond acceptors (Lipinski definition) is 4. The molecule has 0 fully saturated rings. The molecule has 164 valence electrons. The number of carboxylic acids is 1. The van der Waals surface area contributed by atoms with Gasteiger partial charge in [0.15, 0.2) is 0 Å². The topological polar surface area (TPSA) is 86.0 Å². The third kappa shape index (κ3) is 4.21. The Morgan fingerprint density at radius 2 is 1.64 bits per heavy atom. The lowest BCUT2D eigenvalue weighted by Crippen LogP contribution is -2.26. The lowest BCUT2D eigenvalue weighted by Gasteiger charge is -2.17. The first kappa shape index (κ1) is 21.8. The average Bonchev–Trinajstić information content (AvgIpc) is 2.79. The predicted octanol–water partition coefficient (Wildman–Crippen LogP) is 5.74. The maximum absolute atomic E-state index is 14.1. The van der Waals surface area contributed by atoms with E-state index in [-0.39, 0.29) is 27.9 Å². The smallest absolute Gasteiger partial charge is 0.325 e. The Bertz CT molecular complexity index is 1430. The summed E-state index contributed by atoms with van der Waals surface area (Å²) in [6.07, 6.45) is 0. The van der Waals surface area contributed by atoms with E-state index in [1.165, 1.54) is 31.2 Å². The minimum absolute atomic E-state index is 0.0434. The summed E-state index contributed by atoms with van der Waals surface area (Å²) in [5.41, 5.74) is 2.03. The van der Waals surface area contributed by atoms with Gasteiger partial charge in [-0.05, 0) is 42.8 Å². The van der Waals surface area contributed by atoms with E-state index >= 15 is 0 Å². The van der Waals surface area contributed by atoms with Gasteiger partial charge in [0.25, 0.3) is 0 Å². The average molecular weight is 447 g/mol. The van der Waals surface area contributed by atoms with Crippen molar-refractivity contribution in [2.75, 3.05) is 5.32 Å². The number of nitriles is 1. The van der Waals surface area contributed by atoms with Crippen molar-refractivity contribution in [1.82, 2.24) is 4.98 Å². The van der Waals surface area contributed by atoms with Crippen LogP contribution in [-0.4, -0.2) is 22.1 Å². The van der Waals surface area contributed by atoms with Crippen LogP contribution in [0.3, 0.4) is 0 Å². The van der Waals surface area contributed by atoms with Crippen molar-refractivity contribution in [3.63, 3.8) is 0 Å². The highest BCUT2D eigenvalue weighted by atomic mass is 19.1. The molecule has 0 bridgehead atoms. The maximum Gasteiger partial charge on any atom is 0.325 e. The molecule has 2 N–H and O–H groups in total. The molecule has 0 spiro atoms. The summed E-state index contributed by atoms with van der Waals surface area (Å²) in [5.74, 6) is -3.09. The first-order chi connectivity index (χ1) is 15.8. The molecule has 1 unspecified atom stereocenters. The van der Waals surface area contributed by atoms with Crippen LogP contribution in [0, 0.1) is 28.8 Å². The summed E-state index contributed by atoms with van der Waals surface area (Å²) in [4.78, 5) is 15.9. The summed E-state index contributed by atoms with van der Waals surface area (Å²) in [6.45, 7) is 1.40. The quantitative estimate of drug-likeness (QED) is 0.407. The van der Waals surface area contributed by atoms with Crippen LogP contribution in [0.2, 0.25) is 0 Å². The maximum atomic E-state index is 14.1. The van der Waals surface area contributed by atoms with Crippen molar-refractivity contribution in [2.24, 2.45) is 0 Å². The molecule has 4 aromatic rings. The highest BCUT2D eigenvalue weighted by Crippen LogP contribution is 2.35. The van der Waals surface area contributed by atoms with Gasteiger partial charge in [0, 0.05) is 22.6 Å². The molecule has 5 nitrogen and oxygen atoms in total. The molecule has 4 rings (SSSR count). The molecule has 0 aliphatic heterocycles. The Morgan fingerprint density at radius 1 is 1.00 bits per heavy atom. The predicted molar refractivity (Wildman–Crippen MR) is 118 cm³/mol. The van der Waals surface area contributed by atoms with Gasteiger partial charge in [-0.1, -0.05) is 24.3 Å². The van der Waals surface area contributed by atoms with E-state index in [2.05, 4.69) is 10.3 Å². The van der Waals surface area contributed by atoms with Gasteiger partial charge in [-0.25, -0.2) is 18.2 Å². The van der Waals surface area contributed by atoms with Crippen LogP contribution in [-0.2, 0) is 4.79 Å². The lowest BCUT2D eigenvalue weighted by molar-refractivity contribution is -0.137. The molecule has 33 heavy (non-hydrogen) atoms. The van der Waals surface area contributed by atoms with Crippen molar-refractivity contribution >= 4 is 22.6 Å². The molecular formula is C25H16F3N3O2. The molecule has 8 heteroatoms. The zero-order chi connectivity index (χ0) is 23.7. The van der Waals surface area contributed by atoms with Gasteiger partial charge < -0.3 is 10.4 Å². The number of pyridine rings is 1. The fourth-order valence-electron chi connectivity index (χ4n) is 3.51. The Kier molecular flexibility index (Phi) is 5.71. The number of aromatic nitrogens is 1. The number of carboxylic acid groups (broad SMARTS) is 1. The number of aliphatic carboxylic acids is 1.